The molecule has 2 N–H and O–H groups in total. The minimum Gasteiger partial charge on any atom is -0.463 e. The van der Waals surface area contributed by atoms with E-state index in [4.69, 9.17) is 38.9 Å². The number of Topliss-reactive ketones (excluding diaryl/α,β-unsaturated/α-hetero) is 1. The van der Waals surface area contributed by atoms with Gasteiger partial charge in [0, 0.05) is 11.8 Å². The number of ether oxygens (including phenoxy) is 7. The van der Waals surface area contributed by atoms with E-state index < -0.39 is 54.0 Å². The second-order valence-corrected chi connectivity index (χ2v) is 10.5. The second kappa shape index (κ2) is 19.4. The molecule has 0 fully saturated rings. The Balaban J connectivity index is 3.61. The number of nitrogens with two attached hydrogens (primary N) is 1. The van der Waals surface area contributed by atoms with Crippen LogP contribution in [0.2, 0.25) is 0 Å². The van der Waals surface area contributed by atoms with Gasteiger partial charge in [-0.15, -0.1) is 0 Å². The van der Waals surface area contributed by atoms with Gasteiger partial charge in [-0.05, 0) is 20.8 Å². The first-order valence-electron chi connectivity index (χ1n) is 12.8. The Morgan fingerprint density at radius 2 is 1.08 bits per heavy atom. The number of hydrogen-bond acceptors (Lipinski definition) is 13. The highest BCUT2D eigenvalue weighted by Gasteiger charge is 2.24. The van der Waals surface area contributed by atoms with Crippen LogP contribution in [0.3, 0.4) is 0 Å². The Morgan fingerprint density at radius 1 is 0.590 bits per heavy atom. The van der Waals surface area contributed by atoms with Crippen molar-refractivity contribution in [2.75, 3.05) is 59.6 Å². The molecule has 0 radical (unpaired) electrons. The van der Waals surface area contributed by atoms with Crippen LogP contribution in [0, 0.1) is 10.8 Å². The summed E-state index contributed by atoms with van der Waals surface area (Å²) >= 11 is 0. The SMILES string of the molecule is CC(C)(C)C(=O)CCC(=O)OCCOCCOCCOCCOC(=O)[C@H](N)CC(=O)OCOC(=O)C(C)(C)C. The normalized spacial score (nSPS) is 12.4. The molecule has 0 aliphatic carbocycles. The molecule has 13 nitrogen and oxygen atoms in total. The average Bonchev–Trinajstić information content (AvgIpc) is 2.83. The summed E-state index contributed by atoms with van der Waals surface area (Å²) in [6.07, 6.45) is -0.216. The van der Waals surface area contributed by atoms with E-state index >= 15 is 0 Å². The number of carbonyl (C=O) groups excluding carboxylic acids is 5. The van der Waals surface area contributed by atoms with Crippen molar-refractivity contribution in [3.8, 4) is 0 Å². The van der Waals surface area contributed by atoms with Gasteiger partial charge in [-0.1, -0.05) is 20.8 Å². The molecule has 0 amide bonds. The molecule has 0 aromatic rings. The third kappa shape index (κ3) is 20.0. The standard InChI is InChI=1S/C26H45NO12/c1-25(2,3)20(28)7-8-21(29)36-15-13-34-11-9-33-10-12-35-14-16-37-23(31)19(27)17-22(30)38-18-39-24(32)26(4,5)6/h19H,7-18,27H2,1-6H3/t19-/m1/s1. The third-order valence-corrected chi connectivity index (χ3v) is 4.81. The average molecular weight is 564 g/mol. The van der Waals surface area contributed by atoms with Crippen LogP contribution in [-0.4, -0.2) is 95.4 Å². The number of hydrogen-bond donors (Lipinski definition) is 1. The van der Waals surface area contributed by atoms with Gasteiger partial charge in [0.05, 0.1) is 57.9 Å². The highest BCUT2D eigenvalue weighted by atomic mass is 16.7. The maximum atomic E-state index is 11.8. The molecule has 0 heterocycles. The van der Waals surface area contributed by atoms with E-state index in [1.54, 1.807) is 41.5 Å². The maximum Gasteiger partial charge on any atom is 0.323 e. The smallest absolute Gasteiger partial charge is 0.323 e. The molecule has 0 saturated carbocycles. The quantitative estimate of drug-likeness (QED) is 0.0972. The molecule has 0 bridgehead atoms. The van der Waals surface area contributed by atoms with Crippen molar-refractivity contribution in [3.05, 3.63) is 0 Å². The Kier molecular flexibility index (Phi) is 18.1. The molecule has 0 aliphatic rings. The summed E-state index contributed by atoms with van der Waals surface area (Å²) in [5.74, 6) is -2.55. The Labute approximate surface area is 230 Å². The first-order valence-corrected chi connectivity index (χ1v) is 12.8. The fourth-order valence-electron chi connectivity index (χ4n) is 2.41. The van der Waals surface area contributed by atoms with E-state index in [1.165, 1.54) is 0 Å². The van der Waals surface area contributed by atoms with E-state index in [9.17, 15) is 24.0 Å². The molecule has 13 heteroatoms. The summed E-state index contributed by atoms with van der Waals surface area (Å²) in [6, 6.07) is -1.22. The van der Waals surface area contributed by atoms with E-state index in [1.807, 2.05) is 0 Å². The Hall–Kier alpha value is -2.61. The molecule has 0 saturated heterocycles. The molecule has 0 aromatic heterocycles. The van der Waals surface area contributed by atoms with Crippen LogP contribution < -0.4 is 5.73 Å². The summed E-state index contributed by atoms with van der Waals surface area (Å²) in [6.45, 7) is 11.4. The molecule has 0 aromatic carbocycles. The summed E-state index contributed by atoms with van der Waals surface area (Å²) < 4.78 is 35.4. The van der Waals surface area contributed by atoms with Crippen molar-refractivity contribution in [2.45, 2.75) is 66.8 Å². The van der Waals surface area contributed by atoms with Crippen LogP contribution in [0.4, 0.5) is 0 Å². The lowest BCUT2D eigenvalue weighted by molar-refractivity contribution is -0.174. The monoisotopic (exact) mass is 563 g/mol. The van der Waals surface area contributed by atoms with E-state index in [2.05, 4.69) is 0 Å². The molecule has 39 heavy (non-hydrogen) atoms. The minimum absolute atomic E-state index is 0.0101. The molecule has 226 valence electrons. The number of rotatable bonds is 20. The number of carbonyl (C=O) groups is 5. The van der Waals surface area contributed by atoms with Crippen molar-refractivity contribution in [3.63, 3.8) is 0 Å². The van der Waals surface area contributed by atoms with Crippen molar-refractivity contribution < 1.29 is 57.1 Å². The zero-order chi connectivity index (χ0) is 29.9. The number of esters is 4. The summed E-state index contributed by atoms with van der Waals surface area (Å²) in [5.41, 5.74) is 4.42. The van der Waals surface area contributed by atoms with Crippen LogP contribution in [-0.2, 0) is 57.1 Å². The summed E-state index contributed by atoms with van der Waals surface area (Å²) in [5, 5.41) is 0. The van der Waals surface area contributed by atoms with Crippen LogP contribution in [0.5, 0.6) is 0 Å². The van der Waals surface area contributed by atoms with Crippen molar-refractivity contribution in [1.29, 1.82) is 0 Å². The fourth-order valence-corrected chi connectivity index (χ4v) is 2.41. The molecule has 0 rings (SSSR count). The van der Waals surface area contributed by atoms with Gasteiger partial charge in [-0.25, -0.2) is 0 Å². The van der Waals surface area contributed by atoms with Gasteiger partial charge in [0.15, 0.2) is 0 Å². The largest absolute Gasteiger partial charge is 0.463 e. The lowest BCUT2D eigenvalue weighted by Crippen LogP contribution is -2.36. The molecule has 0 unspecified atom stereocenters. The fraction of sp³-hybridized carbons (Fsp3) is 0.808. The van der Waals surface area contributed by atoms with Crippen molar-refractivity contribution >= 4 is 29.7 Å². The first kappa shape index (κ1) is 36.4. The van der Waals surface area contributed by atoms with Crippen molar-refractivity contribution in [1.82, 2.24) is 0 Å². The maximum absolute atomic E-state index is 11.8. The summed E-state index contributed by atoms with van der Waals surface area (Å²) in [4.78, 5) is 58.5. The van der Waals surface area contributed by atoms with Crippen LogP contribution >= 0.6 is 0 Å². The van der Waals surface area contributed by atoms with Crippen LogP contribution in [0.15, 0.2) is 0 Å². The van der Waals surface area contributed by atoms with E-state index in [0.717, 1.165) is 0 Å². The van der Waals surface area contributed by atoms with Gasteiger partial charge in [-0.3, -0.25) is 24.0 Å². The predicted octanol–water partition coefficient (Wildman–Crippen LogP) is 1.33. The van der Waals surface area contributed by atoms with Gasteiger partial charge in [-0.2, -0.15) is 0 Å². The van der Waals surface area contributed by atoms with Gasteiger partial charge in [0.25, 0.3) is 0 Å². The van der Waals surface area contributed by atoms with Gasteiger partial charge in [0.1, 0.15) is 25.0 Å². The van der Waals surface area contributed by atoms with Gasteiger partial charge in [0.2, 0.25) is 6.79 Å². The van der Waals surface area contributed by atoms with Crippen LogP contribution in [0.25, 0.3) is 0 Å². The van der Waals surface area contributed by atoms with E-state index in [0.29, 0.717) is 19.8 Å². The molecule has 0 spiro atoms. The lowest BCUT2D eigenvalue weighted by Gasteiger charge is -2.16. The van der Waals surface area contributed by atoms with Crippen LogP contribution in [0.1, 0.15) is 60.8 Å². The van der Waals surface area contributed by atoms with Gasteiger partial charge < -0.3 is 38.9 Å². The third-order valence-electron chi connectivity index (χ3n) is 4.81. The highest BCUT2D eigenvalue weighted by Crippen LogP contribution is 2.17. The minimum atomic E-state index is -1.22. The molecular weight excluding hydrogens is 518 g/mol. The molecule has 0 aliphatic heterocycles. The molecule has 1 atom stereocenters. The zero-order valence-corrected chi connectivity index (χ0v) is 24.0. The van der Waals surface area contributed by atoms with E-state index in [-0.39, 0.29) is 51.7 Å². The topological polar surface area (TPSA) is 176 Å². The Morgan fingerprint density at radius 3 is 1.56 bits per heavy atom. The highest BCUT2D eigenvalue weighted by molar-refractivity contribution is 5.86. The first-order chi connectivity index (χ1) is 18.1. The Bertz CT molecular complexity index is 770. The zero-order valence-electron chi connectivity index (χ0n) is 24.0. The predicted molar refractivity (Wildman–Crippen MR) is 137 cm³/mol. The van der Waals surface area contributed by atoms with Gasteiger partial charge >= 0.3 is 23.9 Å². The second-order valence-electron chi connectivity index (χ2n) is 10.5. The van der Waals surface area contributed by atoms with Crippen molar-refractivity contribution in [2.24, 2.45) is 16.6 Å². The summed E-state index contributed by atoms with van der Waals surface area (Å²) in [7, 11) is 0. The number of ketones is 1. The lowest BCUT2D eigenvalue weighted by atomic mass is 9.88. The molecular formula is C26H45NO12.